The van der Waals surface area contributed by atoms with Crippen LogP contribution in [-0.4, -0.2) is 28.4 Å². The Morgan fingerprint density at radius 2 is 1.80 bits per heavy atom. The van der Waals surface area contributed by atoms with Crippen LogP contribution in [0.1, 0.15) is 18.6 Å². The number of halogens is 1. The van der Waals surface area contributed by atoms with Crippen LogP contribution in [0.2, 0.25) is 0 Å². The Morgan fingerprint density at radius 3 is 2.27 bits per heavy atom. The van der Waals surface area contributed by atoms with Crippen LogP contribution in [0.15, 0.2) is 18.2 Å². The van der Waals surface area contributed by atoms with Crippen LogP contribution in [0, 0.1) is 0 Å². The molecule has 1 rings (SSSR count). The number of phenols is 2. The number of aromatic hydroxyl groups is 2. The summed E-state index contributed by atoms with van der Waals surface area (Å²) < 4.78 is 0. The van der Waals surface area contributed by atoms with Crippen molar-refractivity contribution >= 4 is 12.4 Å². The quantitative estimate of drug-likeness (QED) is 0.592. The van der Waals surface area contributed by atoms with E-state index < -0.39 is 6.10 Å². The molecule has 0 aliphatic carbocycles. The van der Waals surface area contributed by atoms with E-state index in [9.17, 15) is 10.2 Å². The highest BCUT2D eigenvalue weighted by Crippen LogP contribution is 2.28. The van der Waals surface area contributed by atoms with E-state index in [0.29, 0.717) is 5.56 Å². The van der Waals surface area contributed by atoms with Gasteiger partial charge in [0, 0.05) is 6.04 Å². The Bertz CT molecular complexity index is 320. The molecule has 0 saturated carbocycles. The zero-order valence-corrected chi connectivity index (χ0v) is 9.45. The van der Waals surface area contributed by atoms with Crippen LogP contribution in [0.25, 0.3) is 0 Å². The number of hydrogen-bond acceptors (Lipinski definition) is 4. The van der Waals surface area contributed by atoms with Gasteiger partial charge in [0.1, 0.15) is 0 Å². The third-order valence-electron chi connectivity index (χ3n) is 2.27. The van der Waals surface area contributed by atoms with Gasteiger partial charge in [-0.15, -0.1) is 12.4 Å². The van der Waals surface area contributed by atoms with Gasteiger partial charge in [-0.1, -0.05) is 6.07 Å². The molecule has 15 heavy (non-hydrogen) atoms. The molecule has 2 atom stereocenters. The van der Waals surface area contributed by atoms with E-state index in [0.717, 1.165) is 0 Å². The van der Waals surface area contributed by atoms with Crippen molar-refractivity contribution in [3.63, 3.8) is 0 Å². The first-order valence-electron chi connectivity index (χ1n) is 4.43. The lowest BCUT2D eigenvalue weighted by molar-refractivity contribution is 0.139. The summed E-state index contributed by atoms with van der Waals surface area (Å²) >= 11 is 0. The normalized spacial score (nSPS) is 14.1. The van der Waals surface area contributed by atoms with Crippen molar-refractivity contribution in [3.05, 3.63) is 23.8 Å². The second-order valence-corrected chi connectivity index (χ2v) is 3.27. The van der Waals surface area contributed by atoms with E-state index in [2.05, 4.69) is 5.32 Å². The maximum atomic E-state index is 9.75. The molecule has 0 aliphatic rings. The van der Waals surface area contributed by atoms with Gasteiger partial charge in [-0.25, -0.2) is 0 Å². The first-order valence-corrected chi connectivity index (χ1v) is 4.43. The summed E-state index contributed by atoms with van der Waals surface area (Å²) in [6.07, 6.45) is -0.702. The molecule has 86 valence electrons. The first kappa shape index (κ1) is 14.0. The molecule has 1 aromatic carbocycles. The summed E-state index contributed by atoms with van der Waals surface area (Å²) in [6.45, 7) is 1.83. The molecule has 0 radical (unpaired) electrons. The highest BCUT2D eigenvalue weighted by molar-refractivity contribution is 5.85. The van der Waals surface area contributed by atoms with E-state index in [1.165, 1.54) is 12.1 Å². The van der Waals surface area contributed by atoms with E-state index in [4.69, 9.17) is 5.11 Å². The summed E-state index contributed by atoms with van der Waals surface area (Å²) in [5.41, 5.74) is 0.571. The Labute approximate surface area is 95.0 Å². The van der Waals surface area contributed by atoms with Gasteiger partial charge < -0.3 is 20.6 Å². The zero-order chi connectivity index (χ0) is 10.7. The third kappa shape index (κ3) is 3.27. The number of rotatable bonds is 3. The van der Waals surface area contributed by atoms with Crippen LogP contribution >= 0.6 is 12.4 Å². The Morgan fingerprint density at radius 1 is 1.20 bits per heavy atom. The molecule has 1 aromatic rings. The van der Waals surface area contributed by atoms with Crippen LogP contribution in [0.3, 0.4) is 0 Å². The molecule has 0 heterocycles. The molecule has 0 aromatic heterocycles. The van der Waals surface area contributed by atoms with E-state index in [1.54, 1.807) is 13.1 Å². The number of likely N-dealkylation sites (N-methyl/N-ethyl adjacent to an activating group) is 1. The number of hydrogen-bond donors (Lipinski definition) is 4. The number of phenolic OH excluding ortho intramolecular Hbond substituents is 2. The van der Waals surface area contributed by atoms with Gasteiger partial charge in [0.05, 0.1) is 6.10 Å². The summed E-state index contributed by atoms with van der Waals surface area (Å²) in [7, 11) is 1.74. The maximum Gasteiger partial charge on any atom is 0.157 e. The summed E-state index contributed by atoms with van der Waals surface area (Å²) in [4.78, 5) is 0. The molecular weight excluding hydrogens is 218 g/mol. The predicted octanol–water partition coefficient (Wildman–Crippen LogP) is 1.16. The van der Waals surface area contributed by atoms with Crippen LogP contribution in [0.4, 0.5) is 0 Å². The largest absolute Gasteiger partial charge is 0.504 e. The average Bonchev–Trinajstić information content (AvgIpc) is 2.20. The molecule has 0 amide bonds. The Kier molecular flexibility index (Phi) is 5.43. The molecule has 4 nitrogen and oxygen atoms in total. The molecule has 0 bridgehead atoms. The Balaban J connectivity index is 0.00000196. The second-order valence-electron chi connectivity index (χ2n) is 3.27. The highest BCUT2D eigenvalue weighted by Gasteiger charge is 2.15. The molecule has 4 N–H and O–H groups in total. The minimum atomic E-state index is -0.702. The number of benzene rings is 1. The highest BCUT2D eigenvalue weighted by atomic mass is 35.5. The molecule has 0 unspecified atom stereocenters. The molecule has 0 spiro atoms. The van der Waals surface area contributed by atoms with Crippen molar-refractivity contribution in [2.24, 2.45) is 0 Å². The van der Waals surface area contributed by atoms with Crippen molar-refractivity contribution in [2.45, 2.75) is 19.1 Å². The number of nitrogens with one attached hydrogen (secondary N) is 1. The average molecular weight is 234 g/mol. The molecule has 0 aliphatic heterocycles. The van der Waals surface area contributed by atoms with Gasteiger partial charge in [0.15, 0.2) is 11.5 Å². The van der Waals surface area contributed by atoms with Gasteiger partial charge in [-0.05, 0) is 31.7 Å². The van der Waals surface area contributed by atoms with Gasteiger partial charge in [-0.3, -0.25) is 0 Å². The Hall–Kier alpha value is -0.970. The second kappa shape index (κ2) is 5.80. The number of aliphatic hydroxyl groups is 1. The number of aliphatic hydroxyl groups excluding tert-OH is 1. The first-order chi connectivity index (χ1) is 6.56. The van der Waals surface area contributed by atoms with Crippen LogP contribution in [-0.2, 0) is 0 Å². The fourth-order valence-electron chi connectivity index (χ4n) is 1.17. The lowest BCUT2D eigenvalue weighted by Gasteiger charge is -2.18. The molecule has 5 heteroatoms. The molecule has 0 saturated heterocycles. The van der Waals surface area contributed by atoms with Crippen molar-refractivity contribution in [2.75, 3.05) is 7.05 Å². The van der Waals surface area contributed by atoms with Gasteiger partial charge in [0.25, 0.3) is 0 Å². The maximum absolute atomic E-state index is 9.75. The van der Waals surface area contributed by atoms with E-state index >= 15 is 0 Å². The molecular formula is C10H16ClNO3. The summed E-state index contributed by atoms with van der Waals surface area (Å²) in [5, 5.41) is 30.9. The minimum absolute atomic E-state index is 0. The zero-order valence-electron chi connectivity index (χ0n) is 8.64. The summed E-state index contributed by atoms with van der Waals surface area (Å²) in [5.74, 6) is -0.400. The summed E-state index contributed by atoms with van der Waals surface area (Å²) in [6, 6.07) is 4.18. The fraction of sp³-hybridized carbons (Fsp3) is 0.400. The van der Waals surface area contributed by atoms with Gasteiger partial charge in [-0.2, -0.15) is 0 Å². The van der Waals surface area contributed by atoms with Gasteiger partial charge >= 0.3 is 0 Å². The van der Waals surface area contributed by atoms with E-state index in [1.807, 2.05) is 6.92 Å². The van der Waals surface area contributed by atoms with Crippen molar-refractivity contribution in [3.8, 4) is 11.5 Å². The minimum Gasteiger partial charge on any atom is -0.504 e. The fourth-order valence-corrected chi connectivity index (χ4v) is 1.17. The molecule has 0 fully saturated rings. The van der Waals surface area contributed by atoms with Gasteiger partial charge in [0.2, 0.25) is 0 Å². The standard InChI is InChI=1S/C10H15NO3.ClH/c1-6(11-2)10(14)7-3-4-8(12)9(13)5-7;/h3-6,10-14H,1-2H3;1H/t6-,10-;/m0./s1. The van der Waals surface area contributed by atoms with E-state index in [-0.39, 0.29) is 29.9 Å². The van der Waals surface area contributed by atoms with Crippen LogP contribution < -0.4 is 5.32 Å². The SMILES string of the molecule is CN[C@@H](C)[C@H](O)c1ccc(O)c(O)c1.Cl. The lowest BCUT2D eigenvalue weighted by Crippen LogP contribution is -2.28. The van der Waals surface area contributed by atoms with Crippen molar-refractivity contribution in [1.29, 1.82) is 0 Å². The topological polar surface area (TPSA) is 72.7 Å². The van der Waals surface area contributed by atoms with Crippen molar-refractivity contribution in [1.82, 2.24) is 5.32 Å². The third-order valence-corrected chi connectivity index (χ3v) is 2.27. The smallest absolute Gasteiger partial charge is 0.157 e. The monoisotopic (exact) mass is 233 g/mol. The van der Waals surface area contributed by atoms with Crippen molar-refractivity contribution < 1.29 is 15.3 Å². The predicted molar refractivity (Wildman–Crippen MR) is 60.5 cm³/mol. The van der Waals surface area contributed by atoms with Crippen LogP contribution in [0.5, 0.6) is 11.5 Å². The lowest BCUT2D eigenvalue weighted by atomic mass is 10.0.